The normalized spacial score (nSPS) is 18.7. The number of rotatable bonds is 5. The third-order valence-electron chi connectivity index (χ3n) is 3.27. The molecular formula is C14H19N3. The summed E-state index contributed by atoms with van der Waals surface area (Å²) in [5.74, 6) is 0.818. The Morgan fingerprint density at radius 3 is 2.59 bits per heavy atom. The Labute approximate surface area is 103 Å². The van der Waals surface area contributed by atoms with Crippen molar-refractivity contribution in [3.8, 4) is 6.07 Å². The average Bonchev–Trinajstić information content (AvgIpc) is 3.13. The van der Waals surface area contributed by atoms with Crippen LogP contribution in [0.15, 0.2) is 30.3 Å². The summed E-state index contributed by atoms with van der Waals surface area (Å²) in [6.07, 6.45) is 2.64. The van der Waals surface area contributed by atoms with Crippen molar-refractivity contribution < 1.29 is 0 Å². The second-order valence-electron chi connectivity index (χ2n) is 5.09. The fraction of sp³-hybridized carbons (Fsp3) is 0.500. The molecule has 0 bridgehead atoms. The van der Waals surface area contributed by atoms with Crippen LogP contribution in [-0.4, -0.2) is 25.0 Å². The largest absolute Gasteiger partial charge is 0.309 e. The van der Waals surface area contributed by atoms with Gasteiger partial charge in [0.25, 0.3) is 0 Å². The van der Waals surface area contributed by atoms with Crippen LogP contribution in [0.4, 0.5) is 0 Å². The van der Waals surface area contributed by atoms with Gasteiger partial charge in [-0.05, 0) is 31.4 Å². The molecule has 0 aliphatic heterocycles. The van der Waals surface area contributed by atoms with Crippen molar-refractivity contribution >= 4 is 0 Å². The zero-order valence-electron chi connectivity index (χ0n) is 10.3. The molecule has 90 valence electrons. The van der Waals surface area contributed by atoms with E-state index in [9.17, 15) is 5.26 Å². The maximum absolute atomic E-state index is 9.34. The summed E-state index contributed by atoms with van der Waals surface area (Å²) in [7, 11) is 2.04. The summed E-state index contributed by atoms with van der Waals surface area (Å²) in [5.41, 5.74) is 6.21. The van der Waals surface area contributed by atoms with Gasteiger partial charge in [0.1, 0.15) is 5.54 Å². The van der Waals surface area contributed by atoms with Crippen LogP contribution < -0.4 is 5.73 Å². The first-order valence-electron chi connectivity index (χ1n) is 6.08. The van der Waals surface area contributed by atoms with Gasteiger partial charge in [0.15, 0.2) is 0 Å². The zero-order chi connectivity index (χ0) is 12.3. The van der Waals surface area contributed by atoms with Gasteiger partial charge in [0, 0.05) is 13.1 Å². The lowest BCUT2D eigenvalue weighted by Gasteiger charge is -2.28. The van der Waals surface area contributed by atoms with Gasteiger partial charge in [-0.15, -0.1) is 0 Å². The van der Waals surface area contributed by atoms with Crippen molar-refractivity contribution in [2.45, 2.75) is 18.4 Å². The minimum absolute atomic E-state index is 0.587. The molecule has 0 radical (unpaired) electrons. The summed E-state index contributed by atoms with van der Waals surface area (Å²) >= 11 is 0. The minimum atomic E-state index is -0.898. The SMILES string of the molecule is CN(CC1CC1)CC(N)(C#N)c1ccccc1. The van der Waals surface area contributed by atoms with Crippen molar-refractivity contribution in [3.63, 3.8) is 0 Å². The number of nitrogens with two attached hydrogens (primary N) is 1. The molecule has 1 fully saturated rings. The Kier molecular flexibility index (Phi) is 3.46. The predicted molar refractivity (Wildman–Crippen MR) is 68.1 cm³/mol. The fourth-order valence-corrected chi connectivity index (χ4v) is 2.16. The maximum Gasteiger partial charge on any atom is 0.142 e. The molecule has 1 aromatic carbocycles. The minimum Gasteiger partial charge on any atom is -0.309 e. The third-order valence-corrected chi connectivity index (χ3v) is 3.27. The molecule has 1 aliphatic carbocycles. The molecule has 1 aliphatic rings. The zero-order valence-corrected chi connectivity index (χ0v) is 10.3. The molecule has 0 spiro atoms. The van der Waals surface area contributed by atoms with Gasteiger partial charge >= 0.3 is 0 Å². The van der Waals surface area contributed by atoms with E-state index in [-0.39, 0.29) is 0 Å². The molecule has 0 heterocycles. The Morgan fingerprint density at radius 2 is 2.06 bits per heavy atom. The smallest absolute Gasteiger partial charge is 0.142 e. The average molecular weight is 229 g/mol. The van der Waals surface area contributed by atoms with Crippen LogP contribution in [-0.2, 0) is 5.54 Å². The Bertz CT molecular complexity index is 405. The van der Waals surface area contributed by atoms with E-state index in [0.717, 1.165) is 18.0 Å². The quantitative estimate of drug-likeness (QED) is 0.836. The van der Waals surface area contributed by atoms with Gasteiger partial charge in [-0.25, -0.2) is 0 Å². The fourth-order valence-electron chi connectivity index (χ4n) is 2.16. The van der Waals surface area contributed by atoms with Crippen molar-refractivity contribution in [2.75, 3.05) is 20.1 Å². The highest BCUT2D eigenvalue weighted by Crippen LogP contribution is 2.30. The van der Waals surface area contributed by atoms with Gasteiger partial charge in [0.2, 0.25) is 0 Å². The standard InChI is InChI=1S/C14H19N3/c1-17(9-12-7-8-12)11-14(16,10-15)13-5-3-2-4-6-13/h2-6,12H,7-9,11,16H2,1H3. The highest BCUT2D eigenvalue weighted by Gasteiger charge is 2.31. The van der Waals surface area contributed by atoms with Gasteiger partial charge in [0.05, 0.1) is 6.07 Å². The number of nitrogens with zero attached hydrogens (tertiary/aromatic N) is 2. The third kappa shape index (κ3) is 3.06. The van der Waals surface area contributed by atoms with Crippen LogP contribution in [0.5, 0.6) is 0 Å². The molecule has 3 nitrogen and oxygen atoms in total. The molecule has 2 N–H and O–H groups in total. The molecule has 3 heteroatoms. The van der Waals surface area contributed by atoms with Crippen LogP contribution >= 0.6 is 0 Å². The molecule has 2 rings (SSSR count). The van der Waals surface area contributed by atoms with Crippen LogP contribution in [0.3, 0.4) is 0 Å². The molecule has 17 heavy (non-hydrogen) atoms. The van der Waals surface area contributed by atoms with Crippen molar-refractivity contribution in [1.29, 1.82) is 5.26 Å². The Morgan fingerprint density at radius 1 is 1.41 bits per heavy atom. The molecule has 1 atom stereocenters. The van der Waals surface area contributed by atoms with E-state index < -0.39 is 5.54 Å². The first kappa shape index (κ1) is 12.1. The molecule has 0 amide bonds. The highest BCUT2D eigenvalue weighted by atomic mass is 15.1. The second kappa shape index (κ2) is 4.87. The molecular weight excluding hydrogens is 210 g/mol. The summed E-state index contributed by atoms with van der Waals surface area (Å²) in [5, 5.41) is 9.34. The van der Waals surface area contributed by atoms with E-state index in [1.807, 2.05) is 37.4 Å². The molecule has 0 saturated heterocycles. The number of benzene rings is 1. The molecule has 0 aromatic heterocycles. The van der Waals surface area contributed by atoms with Crippen molar-refractivity contribution in [3.05, 3.63) is 35.9 Å². The Hall–Kier alpha value is -1.37. The number of nitriles is 1. The number of hydrogen-bond acceptors (Lipinski definition) is 3. The van der Waals surface area contributed by atoms with Gasteiger partial charge < -0.3 is 10.6 Å². The van der Waals surface area contributed by atoms with E-state index in [2.05, 4.69) is 11.0 Å². The number of likely N-dealkylation sites (N-methyl/N-ethyl adjacent to an activating group) is 1. The van der Waals surface area contributed by atoms with Crippen molar-refractivity contribution in [1.82, 2.24) is 4.90 Å². The lowest BCUT2D eigenvalue weighted by molar-refractivity contribution is 0.272. The predicted octanol–water partition coefficient (Wildman–Crippen LogP) is 1.71. The van der Waals surface area contributed by atoms with Gasteiger partial charge in [-0.3, -0.25) is 0 Å². The second-order valence-corrected chi connectivity index (χ2v) is 5.09. The van der Waals surface area contributed by atoms with E-state index in [1.165, 1.54) is 12.8 Å². The maximum atomic E-state index is 9.34. The van der Waals surface area contributed by atoms with E-state index in [0.29, 0.717) is 6.54 Å². The monoisotopic (exact) mass is 229 g/mol. The molecule has 1 saturated carbocycles. The first-order valence-corrected chi connectivity index (χ1v) is 6.08. The summed E-state index contributed by atoms with van der Waals surface area (Å²) in [4.78, 5) is 2.17. The molecule has 1 unspecified atom stereocenters. The molecule has 1 aromatic rings. The van der Waals surface area contributed by atoms with Crippen LogP contribution in [0.25, 0.3) is 0 Å². The summed E-state index contributed by atoms with van der Waals surface area (Å²) in [6.45, 7) is 1.64. The highest BCUT2D eigenvalue weighted by molar-refractivity contribution is 5.31. The lowest BCUT2D eigenvalue weighted by atomic mass is 9.92. The van der Waals surface area contributed by atoms with E-state index in [4.69, 9.17) is 5.73 Å². The van der Waals surface area contributed by atoms with Gasteiger partial charge in [-0.1, -0.05) is 30.3 Å². The van der Waals surface area contributed by atoms with E-state index in [1.54, 1.807) is 0 Å². The number of hydrogen-bond donors (Lipinski definition) is 1. The topological polar surface area (TPSA) is 53.0 Å². The lowest BCUT2D eigenvalue weighted by Crippen LogP contribution is -2.46. The summed E-state index contributed by atoms with van der Waals surface area (Å²) in [6, 6.07) is 11.9. The Balaban J connectivity index is 2.06. The van der Waals surface area contributed by atoms with Crippen LogP contribution in [0.1, 0.15) is 18.4 Å². The van der Waals surface area contributed by atoms with E-state index >= 15 is 0 Å². The summed E-state index contributed by atoms with van der Waals surface area (Å²) < 4.78 is 0. The first-order chi connectivity index (χ1) is 8.14. The van der Waals surface area contributed by atoms with Crippen molar-refractivity contribution in [2.24, 2.45) is 11.7 Å². The van der Waals surface area contributed by atoms with Crippen LogP contribution in [0, 0.1) is 17.2 Å². The van der Waals surface area contributed by atoms with Gasteiger partial charge in [-0.2, -0.15) is 5.26 Å². The van der Waals surface area contributed by atoms with Crippen LogP contribution in [0.2, 0.25) is 0 Å².